The third kappa shape index (κ3) is 2.60. The Morgan fingerprint density at radius 2 is 2.30 bits per heavy atom. The van der Waals surface area contributed by atoms with Crippen molar-refractivity contribution in [3.63, 3.8) is 0 Å². The van der Waals surface area contributed by atoms with Crippen molar-refractivity contribution in [2.75, 3.05) is 6.54 Å². The first-order valence-electron chi connectivity index (χ1n) is 7.22. The van der Waals surface area contributed by atoms with Gasteiger partial charge in [0.2, 0.25) is 5.89 Å². The van der Waals surface area contributed by atoms with Gasteiger partial charge in [-0.1, -0.05) is 5.16 Å². The van der Waals surface area contributed by atoms with Crippen molar-refractivity contribution in [2.24, 2.45) is 0 Å². The van der Waals surface area contributed by atoms with Gasteiger partial charge in [-0.25, -0.2) is 0 Å². The third-order valence-electron chi connectivity index (χ3n) is 3.76. The van der Waals surface area contributed by atoms with E-state index in [4.69, 9.17) is 4.52 Å². The van der Waals surface area contributed by atoms with Crippen molar-refractivity contribution >= 4 is 0 Å². The van der Waals surface area contributed by atoms with Crippen LogP contribution in [0.2, 0.25) is 0 Å². The number of hydrogen-bond donors (Lipinski definition) is 0. The molecule has 2 aromatic heterocycles. The molecule has 108 valence electrons. The lowest BCUT2D eigenvalue weighted by molar-refractivity contribution is 0.230. The molecule has 0 bridgehead atoms. The Morgan fingerprint density at radius 1 is 1.45 bits per heavy atom. The van der Waals surface area contributed by atoms with Crippen molar-refractivity contribution in [1.29, 1.82) is 0 Å². The number of aryl methyl sites for hydroxylation is 1. The lowest BCUT2D eigenvalue weighted by Gasteiger charge is -2.20. The molecule has 0 aromatic carbocycles. The lowest BCUT2D eigenvalue weighted by atomic mass is 10.2. The fourth-order valence-electron chi connectivity index (χ4n) is 2.72. The summed E-state index contributed by atoms with van der Waals surface area (Å²) in [5.74, 6) is 1.44. The van der Waals surface area contributed by atoms with E-state index in [9.17, 15) is 0 Å². The normalized spacial score (nSPS) is 20.1. The van der Waals surface area contributed by atoms with Gasteiger partial charge in [0, 0.05) is 25.7 Å². The number of nitrogens with zero attached hydrogens (tertiary/aromatic N) is 5. The highest BCUT2D eigenvalue weighted by Gasteiger charge is 2.30. The zero-order chi connectivity index (χ0) is 14.1. The fraction of sp³-hybridized carbons (Fsp3) is 0.643. The maximum Gasteiger partial charge on any atom is 0.223 e. The average molecular weight is 275 g/mol. The van der Waals surface area contributed by atoms with Crippen LogP contribution in [0.4, 0.5) is 0 Å². The van der Waals surface area contributed by atoms with Crippen LogP contribution >= 0.6 is 0 Å². The smallest absolute Gasteiger partial charge is 0.223 e. The Labute approximate surface area is 118 Å². The fourth-order valence-corrected chi connectivity index (χ4v) is 2.72. The number of likely N-dealkylation sites (tertiary alicyclic amines) is 1. The Kier molecular flexibility index (Phi) is 3.56. The Bertz CT molecular complexity index is 574. The monoisotopic (exact) mass is 275 g/mol. The second-order valence-corrected chi connectivity index (χ2v) is 5.68. The zero-order valence-electron chi connectivity index (χ0n) is 12.3. The van der Waals surface area contributed by atoms with Crippen LogP contribution in [0.15, 0.2) is 16.8 Å². The van der Waals surface area contributed by atoms with E-state index in [1.165, 1.54) is 6.42 Å². The molecule has 0 aliphatic carbocycles. The van der Waals surface area contributed by atoms with E-state index in [2.05, 4.69) is 40.1 Å². The first kappa shape index (κ1) is 13.3. The molecule has 0 saturated carbocycles. The van der Waals surface area contributed by atoms with E-state index in [0.29, 0.717) is 11.9 Å². The predicted octanol–water partition coefficient (Wildman–Crippen LogP) is 2.49. The summed E-state index contributed by atoms with van der Waals surface area (Å²) in [6.07, 6.45) is 4.30. The molecule has 0 unspecified atom stereocenters. The molecule has 1 atom stereocenters. The van der Waals surface area contributed by atoms with Crippen molar-refractivity contribution in [3.8, 4) is 0 Å². The first-order chi connectivity index (χ1) is 9.63. The summed E-state index contributed by atoms with van der Waals surface area (Å²) >= 11 is 0. The molecule has 1 aliphatic heterocycles. The molecule has 6 nitrogen and oxygen atoms in total. The minimum atomic E-state index is 0.261. The molecule has 0 spiro atoms. The molecule has 0 radical (unpaired) electrons. The molecule has 3 heterocycles. The number of rotatable bonds is 4. The maximum atomic E-state index is 5.10. The van der Waals surface area contributed by atoms with E-state index in [1.807, 2.05) is 17.8 Å². The minimum absolute atomic E-state index is 0.261. The quantitative estimate of drug-likeness (QED) is 0.858. The second kappa shape index (κ2) is 5.36. The van der Waals surface area contributed by atoms with Gasteiger partial charge in [0.05, 0.1) is 11.7 Å². The predicted molar refractivity (Wildman–Crippen MR) is 74.0 cm³/mol. The second-order valence-electron chi connectivity index (χ2n) is 5.68. The summed E-state index contributed by atoms with van der Waals surface area (Å²) in [7, 11) is 0. The van der Waals surface area contributed by atoms with Gasteiger partial charge in [0.1, 0.15) is 0 Å². The summed E-state index contributed by atoms with van der Waals surface area (Å²) in [5, 5.41) is 8.69. The molecule has 3 rings (SSSR count). The van der Waals surface area contributed by atoms with E-state index < -0.39 is 0 Å². The van der Waals surface area contributed by atoms with Gasteiger partial charge in [-0.15, -0.1) is 0 Å². The number of hydrogen-bond acceptors (Lipinski definition) is 5. The summed E-state index contributed by atoms with van der Waals surface area (Å²) in [5.41, 5.74) is 1.10. The third-order valence-corrected chi connectivity index (χ3v) is 3.76. The summed E-state index contributed by atoms with van der Waals surface area (Å²) in [4.78, 5) is 6.76. The molecule has 1 aliphatic rings. The van der Waals surface area contributed by atoms with Crippen LogP contribution in [0.1, 0.15) is 56.2 Å². The molecule has 1 fully saturated rings. The summed E-state index contributed by atoms with van der Waals surface area (Å²) in [6, 6.07) is 2.76. The summed E-state index contributed by atoms with van der Waals surface area (Å²) in [6.45, 7) is 8.01. The molecular weight excluding hydrogens is 254 g/mol. The van der Waals surface area contributed by atoms with Crippen LogP contribution < -0.4 is 0 Å². The highest BCUT2D eigenvalue weighted by molar-refractivity contribution is 5.03. The molecule has 6 heteroatoms. The van der Waals surface area contributed by atoms with Crippen LogP contribution in [-0.4, -0.2) is 31.4 Å². The Morgan fingerprint density at radius 3 is 2.95 bits per heavy atom. The topological polar surface area (TPSA) is 60.0 Å². The first-order valence-corrected chi connectivity index (χ1v) is 7.22. The van der Waals surface area contributed by atoms with Gasteiger partial charge in [0.15, 0.2) is 5.82 Å². The molecule has 0 amide bonds. The van der Waals surface area contributed by atoms with Gasteiger partial charge in [-0.05, 0) is 39.3 Å². The van der Waals surface area contributed by atoms with E-state index in [0.717, 1.165) is 31.0 Å². The van der Waals surface area contributed by atoms with Gasteiger partial charge in [-0.2, -0.15) is 10.1 Å². The van der Waals surface area contributed by atoms with E-state index >= 15 is 0 Å². The van der Waals surface area contributed by atoms with Crippen LogP contribution in [0.25, 0.3) is 0 Å². The van der Waals surface area contributed by atoms with E-state index in [1.54, 1.807) is 0 Å². The lowest BCUT2D eigenvalue weighted by Crippen LogP contribution is -2.24. The van der Waals surface area contributed by atoms with Crippen molar-refractivity contribution < 1.29 is 4.52 Å². The van der Waals surface area contributed by atoms with Gasteiger partial charge < -0.3 is 4.52 Å². The largest absolute Gasteiger partial charge is 0.340 e. The standard InChI is InChI=1S/C14H21N5O/c1-10(2)19-8-6-12(16-19)9-18-7-4-5-13(18)14-15-11(3)20-17-14/h6,8,10,13H,4-5,7,9H2,1-3H3/t13-/m1/s1. The van der Waals surface area contributed by atoms with Gasteiger partial charge >= 0.3 is 0 Å². The van der Waals surface area contributed by atoms with Gasteiger partial charge in [0.25, 0.3) is 0 Å². The summed E-state index contributed by atoms with van der Waals surface area (Å²) < 4.78 is 7.10. The Balaban J connectivity index is 1.72. The molecule has 1 saturated heterocycles. The molecule has 2 aromatic rings. The van der Waals surface area contributed by atoms with Crippen molar-refractivity contribution in [3.05, 3.63) is 29.7 Å². The van der Waals surface area contributed by atoms with Crippen LogP contribution in [0, 0.1) is 6.92 Å². The average Bonchev–Trinajstić information content (AvgIpc) is 3.09. The molecule has 0 N–H and O–H groups in total. The SMILES string of the molecule is Cc1nc([C@H]2CCCN2Cc2ccn(C(C)C)n2)no1. The zero-order valence-corrected chi connectivity index (χ0v) is 12.3. The van der Waals surface area contributed by atoms with E-state index in [-0.39, 0.29) is 6.04 Å². The molecule has 20 heavy (non-hydrogen) atoms. The molecular formula is C14H21N5O. The Hall–Kier alpha value is -1.69. The maximum absolute atomic E-state index is 5.10. The van der Waals surface area contributed by atoms with Crippen molar-refractivity contribution in [2.45, 2.75) is 52.2 Å². The number of aromatic nitrogens is 4. The highest BCUT2D eigenvalue weighted by atomic mass is 16.5. The van der Waals surface area contributed by atoms with Crippen LogP contribution in [0.3, 0.4) is 0 Å². The minimum Gasteiger partial charge on any atom is -0.340 e. The highest BCUT2D eigenvalue weighted by Crippen LogP contribution is 2.31. The van der Waals surface area contributed by atoms with Gasteiger partial charge in [-0.3, -0.25) is 9.58 Å². The van der Waals surface area contributed by atoms with Crippen LogP contribution in [-0.2, 0) is 6.54 Å². The van der Waals surface area contributed by atoms with Crippen molar-refractivity contribution in [1.82, 2.24) is 24.8 Å². The van der Waals surface area contributed by atoms with Crippen LogP contribution in [0.5, 0.6) is 0 Å².